The van der Waals surface area contributed by atoms with Gasteiger partial charge in [0.2, 0.25) is 5.91 Å². The van der Waals surface area contributed by atoms with Gasteiger partial charge in [0.15, 0.2) is 11.0 Å². The van der Waals surface area contributed by atoms with Crippen LogP contribution in [0.4, 0.5) is 0 Å². The number of methoxy groups -OCH3 is 1. The molecular weight excluding hydrogens is 408 g/mol. The number of nitrogens with zero attached hydrogens (tertiary/aromatic N) is 3. The molecular formula is C24H22N4O2S. The van der Waals surface area contributed by atoms with Crippen molar-refractivity contribution in [1.82, 2.24) is 14.8 Å². The number of carbonyl (C=O) groups is 1. The van der Waals surface area contributed by atoms with Gasteiger partial charge in [0, 0.05) is 22.6 Å². The molecule has 0 aliphatic heterocycles. The molecule has 156 valence electrons. The summed E-state index contributed by atoms with van der Waals surface area (Å²) in [5, 5.41) is 9.65. The Morgan fingerprint density at radius 1 is 1.03 bits per heavy atom. The van der Waals surface area contributed by atoms with E-state index in [9.17, 15) is 4.79 Å². The maximum Gasteiger partial charge on any atom is 0.249 e. The summed E-state index contributed by atoms with van der Waals surface area (Å²) in [6, 6.07) is 23.3. The third-order valence-corrected chi connectivity index (χ3v) is 5.87. The summed E-state index contributed by atoms with van der Waals surface area (Å²) in [7, 11) is 1.64. The van der Waals surface area contributed by atoms with Crippen LogP contribution in [0.15, 0.2) is 78.0 Å². The van der Waals surface area contributed by atoms with Gasteiger partial charge >= 0.3 is 0 Å². The molecule has 0 saturated carbocycles. The van der Waals surface area contributed by atoms with Crippen LogP contribution < -0.4 is 10.5 Å². The Bertz CT molecular complexity index is 1220. The standard InChI is InChI=1S/C24H22N4O2S/c1-16-10-12-19(13-11-16)28-23(17-7-5-8-20(14-17)30-2)26-27-24(28)31-15-18-6-3-4-9-21(18)22(25)29/h3-14H,15H2,1-2H3,(H2,25,29). The molecule has 1 amide bonds. The normalized spacial score (nSPS) is 10.8. The number of primary amides is 1. The van der Waals surface area contributed by atoms with E-state index in [0.717, 1.165) is 27.7 Å². The second kappa shape index (κ2) is 9.06. The first-order chi connectivity index (χ1) is 15.1. The molecule has 1 heterocycles. The number of nitrogens with two attached hydrogens (primary N) is 1. The molecule has 2 N–H and O–H groups in total. The van der Waals surface area contributed by atoms with Gasteiger partial charge in [-0.1, -0.05) is 59.8 Å². The minimum atomic E-state index is -0.437. The highest BCUT2D eigenvalue weighted by Gasteiger charge is 2.18. The van der Waals surface area contributed by atoms with Gasteiger partial charge in [0.1, 0.15) is 5.75 Å². The number of ether oxygens (including phenoxy) is 1. The molecule has 0 aliphatic carbocycles. The largest absolute Gasteiger partial charge is 0.497 e. The Morgan fingerprint density at radius 2 is 1.81 bits per heavy atom. The van der Waals surface area contributed by atoms with Gasteiger partial charge in [-0.25, -0.2) is 0 Å². The second-order valence-electron chi connectivity index (χ2n) is 7.02. The molecule has 0 radical (unpaired) electrons. The quantitative estimate of drug-likeness (QED) is 0.432. The van der Waals surface area contributed by atoms with E-state index in [0.29, 0.717) is 17.1 Å². The molecule has 1 aromatic heterocycles. The van der Waals surface area contributed by atoms with Crippen molar-refractivity contribution in [1.29, 1.82) is 0 Å². The van der Waals surface area contributed by atoms with Crippen LogP contribution >= 0.6 is 11.8 Å². The molecule has 0 saturated heterocycles. The molecule has 6 nitrogen and oxygen atoms in total. The lowest BCUT2D eigenvalue weighted by atomic mass is 10.1. The molecule has 0 fully saturated rings. The van der Waals surface area contributed by atoms with Crippen LogP contribution in [-0.2, 0) is 5.75 Å². The zero-order chi connectivity index (χ0) is 21.8. The van der Waals surface area contributed by atoms with E-state index in [1.807, 2.05) is 59.2 Å². The number of amides is 1. The Kier molecular flexibility index (Phi) is 6.04. The fourth-order valence-corrected chi connectivity index (χ4v) is 4.22. The fraction of sp³-hybridized carbons (Fsp3) is 0.125. The van der Waals surface area contributed by atoms with Crippen LogP contribution in [0, 0.1) is 6.92 Å². The summed E-state index contributed by atoms with van der Waals surface area (Å²) < 4.78 is 7.40. The van der Waals surface area contributed by atoms with E-state index in [1.165, 1.54) is 17.3 Å². The van der Waals surface area contributed by atoms with Crippen molar-refractivity contribution < 1.29 is 9.53 Å². The smallest absolute Gasteiger partial charge is 0.249 e. The predicted molar refractivity (Wildman–Crippen MR) is 123 cm³/mol. The Balaban J connectivity index is 1.75. The molecule has 0 aliphatic rings. The van der Waals surface area contributed by atoms with Crippen LogP contribution in [0.1, 0.15) is 21.5 Å². The number of carbonyl (C=O) groups excluding carboxylic acids is 1. The molecule has 31 heavy (non-hydrogen) atoms. The molecule has 0 atom stereocenters. The number of hydrogen-bond acceptors (Lipinski definition) is 5. The SMILES string of the molecule is COc1cccc(-c2nnc(SCc3ccccc3C(N)=O)n2-c2ccc(C)cc2)c1. The van der Waals surface area contributed by atoms with Crippen LogP contribution in [0.3, 0.4) is 0 Å². The summed E-state index contributed by atoms with van der Waals surface area (Å²) in [5.41, 5.74) is 9.94. The third kappa shape index (κ3) is 4.46. The fourth-order valence-electron chi connectivity index (χ4n) is 3.27. The molecule has 0 spiro atoms. The van der Waals surface area contributed by atoms with E-state index < -0.39 is 5.91 Å². The molecule has 4 aromatic rings. The number of thioether (sulfide) groups is 1. The lowest BCUT2D eigenvalue weighted by Gasteiger charge is -2.12. The summed E-state index contributed by atoms with van der Waals surface area (Å²) in [5.74, 6) is 1.57. The van der Waals surface area contributed by atoms with Crippen LogP contribution in [0.5, 0.6) is 5.75 Å². The zero-order valence-corrected chi connectivity index (χ0v) is 18.1. The third-order valence-electron chi connectivity index (χ3n) is 4.89. The van der Waals surface area contributed by atoms with E-state index >= 15 is 0 Å². The van der Waals surface area contributed by atoms with Gasteiger partial charge in [0.05, 0.1) is 7.11 Å². The summed E-state index contributed by atoms with van der Waals surface area (Å²) >= 11 is 1.51. The minimum absolute atomic E-state index is 0.437. The summed E-state index contributed by atoms with van der Waals surface area (Å²) in [6.07, 6.45) is 0. The van der Waals surface area contributed by atoms with E-state index in [-0.39, 0.29) is 0 Å². The van der Waals surface area contributed by atoms with Crippen LogP contribution in [0.2, 0.25) is 0 Å². The number of benzene rings is 3. The van der Waals surface area contributed by atoms with E-state index in [2.05, 4.69) is 29.3 Å². The number of aryl methyl sites for hydroxylation is 1. The Labute approximate surface area is 185 Å². The van der Waals surface area contributed by atoms with Gasteiger partial charge < -0.3 is 10.5 Å². The molecule has 3 aromatic carbocycles. The maximum absolute atomic E-state index is 11.8. The highest BCUT2D eigenvalue weighted by molar-refractivity contribution is 7.98. The van der Waals surface area contributed by atoms with E-state index in [1.54, 1.807) is 13.2 Å². The first-order valence-electron chi connectivity index (χ1n) is 9.74. The Hall–Kier alpha value is -3.58. The van der Waals surface area contributed by atoms with Crippen molar-refractivity contribution >= 4 is 17.7 Å². The Morgan fingerprint density at radius 3 is 2.55 bits per heavy atom. The average molecular weight is 431 g/mol. The topological polar surface area (TPSA) is 83.0 Å². The van der Waals surface area contributed by atoms with Gasteiger partial charge in [-0.15, -0.1) is 10.2 Å². The average Bonchev–Trinajstić information content (AvgIpc) is 3.22. The highest BCUT2D eigenvalue weighted by Crippen LogP contribution is 2.31. The van der Waals surface area contributed by atoms with Gasteiger partial charge in [-0.2, -0.15) is 0 Å². The molecule has 7 heteroatoms. The number of hydrogen-bond donors (Lipinski definition) is 1. The molecule has 4 rings (SSSR count). The first kappa shape index (κ1) is 20.7. The lowest BCUT2D eigenvalue weighted by Crippen LogP contribution is -2.13. The van der Waals surface area contributed by atoms with Gasteiger partial charge in [-0.05, 0) is 42.8 Å². The minimum Gasteiger partial charge on any atom is -0.497 e. The van der Waals surface area contributed by atoms with Crippen molar-refractivity contribution in [2.45, 2.75) is 17.8 Å². The van der Waals surface area contributed by atoms with Gasteiger partial charge in [-0.3, -0.25) is 9.36 Å². The monoisotopic (exact) mass is 430 g/mol. The van der Waals surface area contributed by atoms with Crippen LogP contribution in [0.25, 0.3) is 17.1 Å². The summed E-state index contributed by atoms with van der Waals surface area (Å²) in [4.78, 5) is 11.8. The van der Waals surface area contributed by atoms with Crippen molar-refractivity contribution in [3.63, 3.8) is 0 Å². The highest BCUT2D eigenvalue weighted by atomic mass is 32.2. The first-order valence-corrected chi connectivity index (χ1v) is 10.7. The zero-order valence-electron chi connectivity index (χ0n) is 17.3. The predicted octanol–water partition coefficient (Wildman–Crippen LogP) is 4.64. The van der Waals surface area contributed by atoms with Crippen molar-refractivity contribution in [2.75, 3.05) is 7.11 Å². The second-order valence-corrected chi connectivity index (χ2v) is 7.96. The maximum atomic E-state index is 11.8. The number of rotatable bonds is 7. The van der Waals surface area contributed by atoms with Crippen LogP contribution in [-0.4, -0.2) is 27.8 Å². The van der Waals surface area contributed by atoms with Crippen molar-refractivity contribution in [2.24, 2.45) is 5.73 Å². The lowest BCUT2D eigenvalue weighted by molar-refractivity contribution is 0.0999. The van der Waals surface area contributed by atoms with Crippen molar-refractivity contribution in [3.05, 3.63) is 89.5 Å². The molecule has 0 bridgehead atoms. The number of aromatic nitrogens is 3. The van der Waals surface area contributed by atoms with Crippen molar-refractivity contribution in [3.8, 4) is 22.8 Å². The van der Waals surface area contributed by atoms with E-state index in [4.69, 9.17) is 10.5 Å². The van der Waals surface area contributed by atoms with Gasteiger partial charge in [0.25, 0.3) is 0 Å². The molecule has 0 unspecified atom stereocenters. The summed E-state index contributed by atoms with van der Waals surface area (Å²) in [6.45, 7) is 2.05.